The molecule has 1 aromatic carbocycles. The van der Waals surface area contributed by atoms with Gasteiger partial charge in [-0.05, 0) is 42.9 Å². The average molecular weight is 220 g/mol. The normalized spacial score (nSPS) is 17.1. The Labute approximate surface area is 97.3 Å². The van der Waals surface area contributed by atoms with E-state index in [0.717, 1.165) is 43.6 Å². The highest BCUT2D eigenvalue weighted by Crippen LogP contribution is 2.41. The van der Waals surface area contributed by atoms with Gasteiger partial charge in [-0.15, -0.1) is 0 Å². The molecule has 2 nitrogen and oxygen atoms in total. The zero-order valence-corrected chi connectivity index (χ0v) is 9.86. The monoisotopic (exact) mass is 220 g/mol. The van der Waals surface area contributed by atoms with Gasteiger partial charge in [-0.2, -0.15) is 0 Å². The molecule has 2 rings (SSSR count). The molecule has 0 bridgehead atoms. The van der Waals surface area contributed by atoms with Crippen molar-refractivity contribution < 1.29 is 9.84 Å². The fraction of sp³-hybridized carbons (Fsp3) is 0.571. The fourth-order valence-electron chi connectivity index (χ4n) is 1.81. The van der Waals surface area contributed by atoms with E-state index >= 15 is 0 Å². The number of rotatable bonds is 6. The maximum Gasteiger partial charge on any atom is 0.119 e. The molecule has 0 aromatic heterocycles. The van der Waals surface area contributed by atoms with Crippen LogP contribution < -0.4 is 4.74 Å². The lowest BCUT2D eigenvalue weighted by molar-refractivity contribution is 0.153. The molecule has 2 heteroatoms. The van der Waals surface area contributed by atoms with Crippen molar-refractivity contribution in [2.45, 2.75) is 38.7 Å². The van der Waals surface area contributed by atoms with Crippen molar-refractivity contribution in [3.8, 4) is 5.75 Å². The zero-order chi connectivity index (χ0) is 11.4. The van der Waals surface area contributed by atoms with Gasteiger partial charge in [-0.1, -0.05) is 25.5 Å². The minimum atomic E-state index is -0.297. The number of benzene rings is 1. The number of aliphatic hydroxyl groups excluding tert-OH is 1. The molecule has 0 saturated heterocycles. The first kappa shape index (κ1) is 11.5. The molecular formula is C14H20O2. The highest BCUT2D eigenvalue weighted by Gasteiger charge is 2.30. The van der Waals surface area contributed by atoms with Gasteiger partial charge < -0.3 is 9.84 Å². The maximum atomic E-state index is 10.0. The molecule has 16 heavy (non-hydrogen) atoms. The predicted molar refractivity (Wildman–Crippen MR) is 64.5 cm³/mol. The van der Waals surface area contributed by atoms with Gasteiger partial charge in [0.2, 0.25) is 0 Å². The third-order valence-electron chi connectivity index (χ3n) is 3.03. The Morgan fingerprint density at radius 3 is 2.94 bits per heavy atom. The second kappa shape index (κ2) is 5.35. The number of aliphatic hydroxyl groups is 1. The Hall–Kier alpha value is -1.02. The number of unbranched alkanes of at least 4 members (excludes halogenated alkanes) is 1. The standard InChI is InChI=1S/C14H20O2/c1-2-3-9-16-13-6-4-5-12(10-13)14(15)11-7-8-11/h4-6,10-11,14-15H,2-3,7-9H2,1H3. The van der Waals surface area contributed by atoms with Crippen LogP contribution in [0, 0.1) is 5.92 Å². The summed E-state index contributed by atoms with van der Waals surface area (Å²) in [6.45, 7) is 2.91. The van der Waals surface area contributed by atoms with Gasteiger partial charge in [0.1, 0.15) is 5.75 Å². The van der Waals surface area contributed by atoms with Crippen molar-refractivity contribution in [3.63, 3.8) is 0 Å². The molecule has 0 radical (unpaired) electrons. The molecule has 0 spiro atoms. The molecule has 1 saturated carbocycles. The molecule has 1 aliphatic carbocycles. The van der Waals surface area contributed by atoms with E-state index in [-0.39, 0.29) is 6.10 Å². The van der Waals surface area contributed by atoms with E-state index in [9.17, 15) is 5.11 Å². The second-order valence-corrected chi connectivity index (χ2v) is 4.56. The zero-order valence-electron chi connectivity index (χ0n) is 9.86. The molecular weight excluding hydrogens is 200 g/mol. The maximum absolute atomic E-state index is 10.0. The molecule has 0 amide bonds. The topological polar surface area (TPSA) is 29.5 Å². The third kappa shape index (κ3) is 2.99. The van der Waals surface area contributed by atoms with Crippen LogP contribution in [0.4, 0.5) is 0 Å². The third-order valence-corrected chi connectivity index (χ3v) is 3.03. The van der Waals surface area contributed by atoms with Crippen LogP contribution >= 0.6 is 0 Å². The van der Waals surface area contributed by atoms with E-state index in [2.05, 4.69) is 6.92 Å². The van der Waals surface area contributed by atoms with E-state index in [0.29, 0.717) is 5.92 Å². The lowest BCUT2D eigenvalue weighted by Crippen LogP contribution is -2.01. The minimum absolute atomic E-state index is 0.297. The summed E-state index contributed by atoms with van der Waals surface area (Å²) in [6.07, 6.45) is 4.24. The van der Waals surface area contributed by atoms with Crippen LogP contribution in [0.15, 0.2) is 24.3 Å². The van der Waals surface area contributed by atoms with Crippen LogP contribution in [-0.4, -0.2) is 11.7 Å². The van der Waals surface area contributed by atoms with Crippen LogP contribution in [0.3, 0.4) is 0 Å². The summed E-state index contributed by atoms with van der Waals surface area (Å²) in [5.41, 5.74) is 0.997. The van der Waals surface area contributed by atoms with Crippen molar-refractivity contribution in [2.75, 3.05) is 6.61 Å². The van der Waals surface area contributed by atoms with Crippen molar-refractivity contribution in [1.82, 2.24) is 0 Å². The van der Waals surface area contributed by atoms with Crippen LogP contribution in [0.2, 0.25) is 0 Å². The fourth-order valence-corrected chi connectivity index (χ4v) is 1.81. The number of hydrogen-bond donors (Lipinski definition) is 1. The summed E-state index contributed by atoms with van der Waals surface area (Å²) >= 11 is 0. The second-order valence-electron chi connectivity index (χ2n) is 4.56. The lowest BCUT2D eigenvalue weighted by Gasteiger charge is -2.11. The van der Waals surface area contributed by atoms with Gasteiger partial charge in [-0.3, -0.25) is 0 Å². The SMILES string of the molecule is CCCCOc1cccc(C(O)C2CC2)c1. The van der Waals surface area contributed by atoms with Crippen LogP contribution in [0.25, 0.3) is 0 Å². The highest BCUT2D eigenvalue weighted by molar-refractivity contribution is 5.30. The highest BCUT2D eigenvalue weighted by atomic mass is 16.5. The smallest absolute Gasteiger partial charge is 0.119 e. The van der Waals surface area contributed by atoms with Gasteiger partial charge in [0.25, 0.3) is 0 Å². The van der Waals surface area contributed by atoms with Crippen LogP contribution in [-0.2, 0) is 0 Å². The van der Waals surface area contributed by atoms with Gasteiger partial charge in [-0.25, -0.2) is 0 Å². The van der Waals surface area contributed by atoms with Gasteiger partial charge in [0, 0.05) is 0 Å². The molecule has 1 aliphatic rings. The summed E-state index contributed by atoms with van der Waals surface area (Å²) in [5.74, 6) is 1.36. The summed E-state index contributed by atoms with van der Waals surface area (Å²) < 4.78 is 5.63. The largest absolute Gasteiger partial charge is 0.494 e. The van der Waals surface area contributed by atoms with Crippen molar-refractivity contribution in [2.24, 2.45) is 5.92 Å². The molecule has 1 atom stereocenters. The summed E-state index contributed by atoms with van der Waals surface area (Å²) in [5, 5.41) is 10.0. The Morgan fingerprint density at radius 1 is 1.44 bits per heavy atom. The number of hydrogen-bond acceptors (Lipinski definition) is 2. The minimum Gasteiger partial charge on any atom is -0.494 e. The van der Waals surface area contributed by atoms with E-state index in [4.69, 9.17) is 4.74 Å². The van der Waals surface area contributed by atoms with Gasteiger partial charge in [0.15, 0.2) is 0 Å². The molecule has 1 unspecified atom stereocenters. The first-order valence-corrected chi connectivity index (χ1v) is 6.22. The Balaban J connectivity index is 1.95. The predicted octanol–water partition coefficient (Wildman–Crippen LogP) is 3.31. The Morgan fingerprint density at radius 2 is 2.25 bits per heavy atom. The summed E-state index contributed by atoms with van der Waals surface area (Å²) in [7, 11) is 0. The van der Waals surface area contributed by atoms with E-state index in [1.54, 1.807) is 0 Å². The first-order chi connectivity index (χ1) is 7.81. The summed E-state index contributed by atoms with van der Waals surface area (Å²) in [4.78, 5) is 0. The van der Waals surface area contributed by atoms with Crippen LogP contribution in [0.5, 0.6) is 5.75 Å². The van der Waals surface area contributed by atoms with E-state index < -0.39 is 0 Å². The lowest BCUT2D eigenvalue weighted by atomic mass is 10.1. The molecule has 0 aliphatic heterocycles. The first-order valence-electron chi connectivity index (χ1n) is 6.22. The molecule has 0 heterocycles. The Kier molecular flexibility index (Phi) is 3.83. The molecule has 1 fully saturated rings. The molecule has 1 aromatic rings. The van der Waals surface area contributed by atoms with Gasteiger partial charge in [0.05, 0.1) is 12.7 Å². The Bertz CT molecular complexity index is 331. The van der Waals surface area contributed by atoms with Crippen molar-refractivity contribution >= 4 is 0 Å². The molecule has 88 valence electrons. The van der Waals surface area contributed by atoms with E-state index in [1.165, 1.54) is 0 Å². The number of ether oxygens (including phenoxy) is 1. The average Bonchev–Trinajstić information content (AvgIpc) is 3.13. The van der Waals surface area contributed by atoms with Gasteiger partial charge >= 0.3 is 0 Å². The van der Waals surface area contributed by atoms with Crippen molar-refractivity contribution in [1.29, 1.82) is 0 Å². The van der Waals surface area contributed by atoms with Crippen molar-refractivity contribution in [3.05, 3.63) is 29.8 Å². The van der Waals surface area contributed by atoms with E-state index in [1.807, 2.05) is 24.3 Å². The van der Waals surface area contributed by atoms with Crippen LogP contribution in [0.1, 0.15) is 44.3 Å². The summed E-state index contributed by atoms with van der Waals surface area (Å²) in [6, 6.07) is 7.87. The molecule has 1 N–H and O–H groups in total. The quantitative estimate of drug-likeness (QED) is 0.745.